The Morgan fingerprint density at radius 2 is 1.89 bits per heavy atom. The topological polar surface area (TPSA) is 38.0 Å². The van der Waals surface area contributed by atoms with Gasteiger partial charge in [0.05, 0.1) is 6.04 Å². The molecule has 0 amide bonds. The Hall–Kier alpha value is -1.39. The van der Waals surface area contributed by atoms with Crippen LogP contribution in [-0.2, 0) is 0 Å². The fourth-order valence-corrected chi connectivity index (χ4v) is 2.25. The van der Waals surface area contributed by atoms with Crippen molar-refractivity contribution in [3.63, 3.8) is 0 Å². The minimum absolute atomic E-state index is 0.00219. The first-order chi connectivity index (χ1) is 9.10. The van der Waals surface area contributed by atoms with E-state index >= 15 is 0 Å². The molecule has 19 heavy (non-hydrogen) atoms. The summed E-state index contributed by atoms with van der Waals surface area (Å²) >= 11 is 3.52. The number of benzene rings is 2. The molecule has 0 saturated heterocycles. The Morgan fingerprint density at radius 1 is 1.21 bits per heavy atom. The second kappa shape index (κ2) is 6.17. The lowest BCUT2D eigenvalue weighted by molar-refractivity contribution is 0.628. The average Bonchev–Trinajstić information content (AvgIpc) is 2.41. The van der Waals surface area contributed by atoms with Gasteiger partial charge in [0.15, 0.2) is 0 Å². The summed E-state index contributed by atoms with van der Waals surface area (Å²) in [7, 11) is 0. The quantitative estimate of drug-likeness (QED) is 0.892. The molecule has 2 nitrogen and oxygen atoms in total. The van der Waals surface area contributed by atoms with Crippen molar-refractivity contribution in [1.29, 1.82) is 0 Å². The monoisotopic (exact) mass is 322 g/mol. The molecule has 0 aliphatic rings. The van der Waals surface area contributed by atoms with Gasteiger partial charge in [-0.1, -0.05) is 28.1 Å². The number of aryl methyl sites for hydroxylation is 1. The van der Waals surface area contributed by atoms with Crippen molar-refractivity contribution in [2.75, 3.05) is 11.9 Å². The molecule has 0 aromatic heterocycles. The summed E-state index contributed by atoms with van der Waals surface area (Å²) in [5, 5.41) is 3.31. The molecular weight excluding hydrogens is 307 g/mol. The first-order valence-electron chi connectivity index (χ1n) is 6.08. The zero-order chi connectivity index (χ0) is 13.8. The third kappa shape index (κ3) is 3.55. The number of nitrogens with two attached hydrogens (primary N) is 1. The summed E-state index contributed by atoms with van der Waals surface area (Å²) in [5.41, 5.74) is 8.96. The molecule has 4 heteroatoms. The SMILES string of the molecule is Cc1ccc(C(CN)Nc2ccc(F)cc2)cc1Br. The Balaban J connectivity index is 2.19. The van der Waals surface area contributed by atoms with E-state index in [1.165, 1.54) is 17.7 Å². The molecule has 1 unspecified atom stereocenters. The maximum absolute atomic E-state index is 12.9. The molecule has 0 aliphatic heterocycles. The van der Waals surface area contributed by atoms with Crippen LogP contribution in [-0.4, -0.2) is 6.54 Å². The van der Waals surface area contributed by atoms with Crippen LogP contribution in [0.15, 0.2) is 46.9 Å². The Bertz CT molecular complexity index is 555. The van der Waals surface area contributed by atoms with Gasteiger partial charge in [-0.2, -0.15) is 0 Å². The summed E-state index contributed by atoms with van der Waals surface area (Å²) in [6.45, 7) is 2.51. The van der Waals surface area contributed by atoms with Crippen molar-refractivity contribution in [1.82, 2.24) is 0 Å². The zero-order valence-corrected chi connectivity index (χ0v) is 12.2. The van der Waals surface area contributed by atoms with Gasteiger partial charge in [0.2, 0.25) is 0 Å². The van der Waals surface area contributed by atoms with Gasteiger partial charge in [0, 0.05) is 16.7 Å². The van der Waals surface area contributed by atoms with Crippen molar-refractivity contribution in [3.8, 4) is 0 Å². The molecule has 3 N–H and O–H groups in total. The van der Waals surface area contributed by atoms with E-state index in [1.807, 2.05) is 13.0 Å². The molecule has 2 aromatic rings. The van der Waals surface area contributed by atoms with Crippen LogP contribution in [0.25, 0.3) is 0 Å². The molecule has 0 aliphatic carbocycles. The van der Waals surface area contributed by atoms with E-state index < -0.39 is 0 Å². The molecule has 0 bridgehead atoms. The van der Waals surface area contributed by atoms with Gasteiger partial charge in [-0.25, -0.2) is 4.39 Å². The van der Waals surface area contributed by atoms with E-state index in [0.29, 0.717) is 6.54 Å². The minimum Gasteiger partial charge on any atom is -0.377 e. The van der Waals surface area contributed by atoms with E-state index in [1.54, 1.807) is 12.1 Å². The molecule has 2 aromatic carbocycles. The molecule has 100 valence electrons. The van der Waals surface area contributed by atoms with Crippen molar-refractivity contribution in [2.24, 2.45) is 5.73 Å². The van der Waals surface area contributed by atoms with Crippen LogP contribution in [0.3, 0.4) is 0 Å². The zero-order valence-electron chi connectivity index (χ0n) is 10.7. The van der Waals surface area contributed by atoms with Gasteiger partial charge in [0.1, 0.15) is 5.82 Å². The predicted molar refractivity (Wildman–Crippen MR) is 80.7 cm³/mol. The summed E-state index contributed by atoms with van der Waals surface area (Å²) in [6, 6.07) is 12.4. The Kier molecular flexibility index (Phi) is 4.56. The summed E-state index contributed by atoms with van der Waals surface area (Å²) < 4.78 is 13.9. The van der Waals surface area contributed by atoms with Crippen LogP contribution in [0.1, 0.15) is 17.2 Å². The van der Waals surface area contributed by atoms with Crippen molar-refractivity contribution in [2.45, 2.75) is 13.0 Å². The fraction of sp³-hybridized carbons (Fsp3) is 0.200. The number of hydrogen-bond acceptors (Lipinski definition) is 2. The predicted octanol–water partition coefficient (Wildman–Crippen LogP) is 4.01. The van der Waals surface area contributed by atoms with Crippen LogP contribution >= 0.6 is 15.9 Å². The van der Waals surface area contributed by atoms with Crippen molar-refractivity contribution >= 4 is 21.6 Å². The second-order valence-electron chi connectivity index (χ2n) is 4.45. The lowest BCUT2D eigenvalue weighted by atomic mass is 10.0. The summed E-state index contributed by atoms with van der Waals surface area (Å²) in [6.07, 6.45) is 0. The van der Waals surface area contributed by atoms with Gasteiger partial charge in [-0.3, -0.25) is 0 Å². The van der Waals surface area contributed by atoms with Crippen LogP contribution in [0.4, 0.5) is 10.1 Å². The first-order valence-corrected chi connectivity index (χ1v) is 6.87. The van der Waals surface area contributed by atoms with Crippen LogP contribution < -0.4 is 11.1 Å². The average molecular weight is 323 g/mol. The number of anilines is 1. The molecule has 0 radical (unpaired) electrons. The van der Waals surface area contributed by atoms with Gasteiger partial charge in [0.25, 0.3) is 0 Å². The maximum Gasteiger partial charge on any atom is 0.123 e. The number of halogens is 2. The molecule has 1 atom stereocenters. The third-order valence-electron chi connectivity index (χ3n) is 3.02. The highest BCUT2D eigenvalue weighted by Crippen LogP contribution is 2.24. The van der Waals surface area contributed by atoms with E-state index in [4.69, 9.17) is 5.73 Å². The Morgan fingerprint density at radius 3 is 2.47 bits per heavy atom. The number of hydrogen-bond donors (Lipinski definition) is 2. The number of rotatable bonds is 4. The normalized spacial score (nSPS) is 12.2. The largest absolute Gasteiger partial charge is 0.377 e. The minimum atomic E-state index is -0.243. The molecule has 0 saturated carbocycles. The first kappa shape index (κ1) is 14.0. The van der Waals surface area contributed by atoms with E-state index in [9.17, 15) is 4.39 Å². The van der Waals surface area contributed by atoms with E-state index in [0.717, 1.165) is 15.7 Å². The van der Waals surface area contributed by atoms with Gasteiger partial charge < -0.3 is 11.1 Å². The summed E-state index contributed by atoms with van der Waals surface area (Å²) in [5.74, 6) is -0.243. The van der Waals surface area contributed by atoms with Crippen molar-refractivity contribution < 1.29 is 4.39 Å². The molecule has 0 fully saturated rings. The van der Waals surface area contributed by atoms with Crippen LogP contribution in [0, 0.1) is 12.7 Å². The standard InChI is InChI=1S/C15H16BrFN2/c1-10-2-3-11(8-14(10)16)15(9-18)19-13-6-4-12(17)5-7-13/h2-8,15,19H,9,18H2,1H3. The lowest BCUT2D eigenvalue weighted by Gasteiger charge is -2.19. The maximum atomic E-state index is 12.9. The van der Waals surface area contributed by atoms with Gasteiger partial charge >= 0.3 is 0 Å². The number of nitrogens with one attached hydrogen (secondary N) is 1. The highest BCUT2D eigenvalue weighted by Gasteiger charge is 2.10. The molecule has 0 spiro atoms. The highest BCUT2D eigenvalue weighted by molar-refractivity contribution is 9.10. The van der Waals surface area contributed by atoms with Crippen molar-refractivity contribution in [3.05, 3.63) is 63.9 Å². The van der Waals surface area contributed by atoms with E-state index in [2.05, 4.69) is 33.4 Å². The molecular formula is C15H16BrFN2. The highest BCUT2D eigenvalue weighted by atomic mass is 79.9. The molecule has 2 rings (SSSR count). The third-order valence-corrected chi connectivity index (χ3v) is 3.87. The van der Waals surface area contributed by atoms with Crippen LogP contribution in [0.5, 0.6) is 0 Å². The smallest absolute Gasteiger partial charge is 0.123 e. The second-order valence-corrected chi connectivity index (χ2v) is 5.30. The lowest BCUT2D eigenvalue weighted by Crippen LogP contribution is -2.20. The fourth-order valence-electron chi connectivity index (χ4n) is 1.85. The summed E-state index contributed by atoms with van der Waals surface area (Å²) in [4.78, 5) is 0. The van der Waals surface area contributed by atoms with Gasteiger partial charge in [-0.05, 0) is 48.4 Å². The van der Waals surface area contributed by atoms with Gasteiger partial charge in [-0.15, -0.1) is 0 Å². The molecule has 0 heterocycles. The van der Waals surface area contributed by atoms with E-state index in [-0.39, 0.29) is 11.9 Å². The van der Waals surface area contributed by atoms with Crippen LogP contribution in [0.2, 0.25) is 0 Å². The Labute approximate surface area is 121 Å².